The van der Waals surface area contributed by atoms with Gasteiger partial charge < -0.3 is 19.7 Å². The van der Waals surface area contributed by atoms with Crippen molar-refractivity contribution in [2.75, 3.05) is 40.5 Å². The van der Waals surface area contributed by atoms with Crippen LogP contribution in [0.3, 0.4) is 0 Å². The van der Waals surface area contributed by atoms with Crippen LogP contribution in [0, 0.1) is 5.92 Å². The molecule has 1 fully saturated rings. The summed E-state index contributed by atoms with van der Waals surface area (Å²) in [6.07, 6.45) is 1.13. The molecule has 0 saturated carbocycles. The first-order valence-electron chi connectivity index (χ1n) is 7.94. The summed E-state index contributed by atoms with van der Waals surface area (Å²) in [4.78, 5) is 6.54. The fourth-order valence-electron chi connectivity index (χ4n) is 2.71. The Labute approximate surface area is 133 Å². The number of para-hydroxylation sites is 1. The van der Waals surface area contributed by atoms with Gasteiger partial charge in [0.05, 0.1) is 13.2 Å². The highest BCUT2D eigenvalue weighted by molar-refractivity contribution is 5.79. The maximum Gasteiger partial charge on any atom is 0.193 e. The van der Waals surface area contributed by atoms with Gasteiger partial charge in [0.2, 0.25) is 0 Å². The van der Waals surface area contributed by atoms with Crippen LogP contribution in [0.5, 0.6) is 5.75 Å². The molecule has 1 heterocycles. The molecule has 0 aliphatic carbocycles. The minimum absolute atomic E-state index is 0.597. The van der Waals surface area contributed by atoms with Gasteiger partial charge in [-0.15, -0.1) is 0 Å². The van der Waals surface area contributed by atoms with Gasteiger partial charge in [0, 0.05) is 45.3 Å². The van der Waals surface area contributed by atoms with E-state index >= 15 is 0 Å². The minimum Gasteiger partial charge on any atom is -0.494 e. The number of guanidine groups is 1. The van der Waals surface area contributed by atoms with E-state index in [0.29, 0.717) is 19.1 Å². The van der Waals surface area contributed by atoms with Gasteiger partial charge in [-0.2, -0.15) is 0 Å². The fourth-order valence-corrected chi connectivity index (χ4v) is 2.71. The standard InChI is InChI=1S/C17H27N3O2/c1-4-22-16-8-6-5-7-15(16)11-19-17(18-2)20(3)12-14-9-10-21-13-14/h5-8,14H,4,9-13H2,1-3H3,(H,18,19). The Morgan fingerprint density at radius 2 is 2.27 bits per heavy atom. The van der Waals surface area contributed by atoms with Gasteiger partial charge in [0.1, 0.15) is 5.75 Å². The second kappa shape index (κ2) is 8.63. The van der Waals surface area contributed by atoms with Crippen molar-refractivity contribution < 1.29 is 9.47 Å². The van der Waals surface area contributed by atoms with E-state index in [1.54, 1.807) is 0 Å². The molecular formula is C17H27N3O2. The van der Waals surface area contributed by atoms with Crippen LogP contribution in [-0.4, -0.2) is 51.3 Å². The van der Waals surface area contributed by atoms with Gasteiger partial charge in [-0.1, -0.05) is 18.2 Å². The molecule has 1 saturated heterocycles. The third-order valence-corrected chi connectivity index (χ3v) is 3.84. The van der Waals surface area contributed by atoms with Crippen molar-refractivity contribution in [1.29, 1.82) is 0 Å². The maximum atomic E-state index is 5.66. The highest BCUT2D eigenvalue weighted by Gasteiger charge is 2.19. The average molecular weight is 305 g/mol. The third kappa shape index (κ3) is 4.63. The van der Waals surface area contributed by atoms with Crippen molar-refractivity contribution in [3.05, 3.63) is 29.8 Å². The Hall–Kier alpha value is -1.75. The Bertz CT molecular complexity index is 485. The Balaban J connectivity index is 1.90. The van der Waals surface area contributed by atoms with E-state index in [9.17, 15) is 0 Å². The molecule has 1 aromatic carbocycles. The molecule has 122 valence electrons. The molecule has 1 unspecified atom stereocenters. The molecular weight excluding hydrogens is 278 g/mol. The number of nitrogens with one attached hydrogen (secondary N) is 1. The van der Waals surface area contributed by atoms with Crippen LogP contribution in [0.4, 0.5) is 0 Å². The van der Waals surface area contributed by atoms with E-state index in [1.165, 1.54) is 0 Å². The van der Waals surface area contributed by atoms with E-state index in [2.05, 4.69) is 28.3 Å². The van der Waals surface area contributed by atoms with E-state index < -0.39 is 0 Å². The van der Waals surface area contributed by atoms with E-state index in [0.717, 1.165) is 43.5 Å². The zero-order valence-corrected chi connectivity index (χ0v) is 13.8. The largest absolute Gasteiger partial charge is 0.494 e. The highest BCUT2D eigenvalue weighted by atomic mass is 16.5. The molecule has 1 aliphatic heterocycles. The van der Waals surface area contributed by atoms with Crippen molar-refractivity contribution in [2.45, 2.75) is 19.9 Å². The summed E-state index contributed by atoms with van der Waals surface area (Å²) >= 11 is 0. The molecule has 1 atom stereocenters. The second-order valence-electron chi connectivity index (χ2n) is 5.55. The monoisotopic (exact) mass is 305 g/mol. The molecule has 0 amide bonds. The van der Waals surface area contributed by atoms with Crippen molar-refractivity contribution in [2.24, 2.45) is 10.9 Å². The topological polar surface area (TPSA) is 46.1 Å². The SMILES string of the molecule is CCOc1ccccc1CNC(=NC)N(C)CC1CCOC1. The molecule has 1 N–H and O–H groups in total. The Morgan fingerprint density at radius 3 is 2.95 bits per heavy atom. The first-order valence-corrected chi connectivity index (χ1v) is 7.94. The molecule has 1 aliphatic rings. The zero-order valence-electron chi connectivity index (χ0n) is 13.8. The van der Waals surface area contributed by atoms with Crippen molar-refractivity contribution >= 4 is 5.96 Å². The van der Waals surface area contributed by atoms with Crippen molar-refractivity contribution in [3.63, 3.8) is 0 Å². The summed E-state index contributed by atoms with van der Waals surface area (Å²) in [5.41, 5.74) is 1.14. The summed E-state index contributed by atoms with van der Waals surface area (Å²) in [7, 11) is 3.89. The predicted octanol–water partition coefficient (Wildman–Crippen LogP) is 2.13. The van der Waals surface area contributed by atoms with Crippen molar-refractivity contribution in [1.82, 2.24) is 10.2 Å². The molecule has 0 bridgehead atoms. The number of ether oxygens (including phenoxy) is 2. The number of aliphatic imine (C=N–C) groups is 1. The number of rotatable bonds is 6. The van der Waals surface area contributed by atoms with E-state index in [1.807, 2.05) is 32.2 Å². The van der Waals surface area contributed by atoms with E-state index in [4.69, 9.17) is 9.47 Å². The van der Waals surface area contributed by atoms with Crippen LogP contribution in [0.2, 0.25) is 0 Å². The third-order valence-electron chi connectivity index (χ3n) is 3.84. The lowest BCUT2D eigenvalue weighted by Crippen LogP contribution is -2.41. The summed E-state index contributed by atoms with van der Waals surface area (Å²) in [6.45, 7) is 6.08. The molecule has 0 spiro atoms. The van der Waals surface area contributed by atoms with Crippen LogP contribution >= 0.6 is 0 Å². The van der Waals surface area contributed by atoms with Gasteiger partial charge in [0.15, 0.2) is 5.96 Å². The maximum absolute atomic E-state index is 5.66. The first-order chi connectivity index (χ1) is 10.7. The lowest BCUT2D eigenvalue weighted by Gasteiger charge is -2.24. The van der Waals surface area contributed by atoms with Crippen LogP contribution in [0.1, 0.15) is 18.9 Å². The van der Waals surface area contributed by atoms with Gasteiger partial charge in [-0.3, -0.25) is 4.99 Å². The van der Waals surface area contributed by atoms with Gasteiger partial charge >= 0.3 is 0 Å². The summed E-state index contributed by atoms with van der Waals surface area (Å²) in [5, 5.41) is 3.41. The molecule has 2 rings (SSSR count). The molecule has 5 heteroatoms. The quantitative estimate of drug-likeness (QED) is 0.646. The highest BCUT2D eigenvalue weighted by Crippen LogP contribution is 2.18. The molecule has 1 aromatic rings. The lowest BCUT2D eigenvalue weighted by molar-refractivity contribution is 0.181. The molecule has 0 radical (unpaired) electrons. The average Bonchev–Trinajstić information content (AvgIpc) is 3.02. The fraction of sp³-hybridized carbons (Fsp3) is 0.588. The minimum atomic E-state index is 0.597. The van der Waals surface area contributed by atoms with Crippen LogP contribution in [-0.2, 0) is 11.3 Å². The van der Waals surface area contributed by atoms with Crippen molar-refractivity contribution in [3.8, 4) is 5.75 Å². The molecule has 0 aromatic heterocycles. The zero-order chi connectivity index (χ0) is 15.8. The van der Waals surface area contributed by atoms with Crippen LogP contribution in [0.15, 0.2) is 29.3 Å². The first kappa shape index (κ1) is 16.6. The summed E-state index contributed by atoms with van der Waals surface area (Å²) in [5.74, 6) is 2.43. The smallest absolute Gasteiger partial charge is 0.193 e. The Morgan fingerprint density at radius 1 is 1.45 bits per heavy atom. The summed E-state index contributed by atoms with van der Waals surface area (Å²) in [6, 6.07) is 8.11. The molecule has 22 heavy (non-hydrogen) atoms. The lowest BCUT2D eigenvalue weighted by atomic mass is 10.1. The van der Waals surface area contributed by atoms with Gasteiger partial charge in [-0.25, -0.2) is 0 Å². The number of nitrogens with zero attached hydrogens (tertiary/aromatic N) is 2. The predicted molar refractivity (Wildman–Crippen MR) is 89.4 cm³/mol. The number of benzene rings is 1. The Kier molecular flexibility index (Phi) is 6.52. The second-order valence-corrected chi connectivity index (χ2v) is 5.55. The van der Waals surface area contributed by atoms with Gasteiger partial charge in [0.25, 0.3) is 0 Å². The van der Waals surface area contributed by atoms with Gasteiger partial charge in [-0.05, 0) is 19.4 Å². The van der Waals surface area contributed by atoms with Crippen LogP contribution < -0.4 is 10.1 Å². The molecule has 5 nitrogen and oxygen atoms in total. The number of hydrogen-bond donors (Lipinski definition) is 1. The summed E-state index contributed by atoms with van der Waals surface area (Å²) < 4.78 is 11.1. The normalized spacial score (nSPS) is 18.3. The van der Waals surface area contributed by atoms with Crippen LogP contribution in [0.25, 0.3) is 0 Å². The van der Waals surface area contributed by atoms with E-state index in [-0.39, 0.29) is 0 Å². The number of hydrogen-bond acceptors (Lipinski definition) is 3.